The third-order valence-electron chi connectivity index (χ3n) is 3.25. The predicted molar refractivity (Wildman–Crippen MR) is 73.6 cm³/mol. The van der Waals surface area contributed by atoms with E-state index in [4.69, 9.17) is 9.47 Å². The van der Waals surface area contributed by atoms with Gasteiger partial charge in [-0.25, -0.2) is 4.79 Å². The minimum Gasteiger partial charge on any atom is -0.497 e. The number of hydrogen-bond donors (Lipinski definition) is 1. The van der Waals surface area contributed by atoms with Crippen molar-refractivity contribution in [2.75, 3.05) is 20.8 Å². The van der Waals surface area contributed by atoms with Crippen molar-refractivity contribution in [1.29, 1.82) is 0 Å². The highest BCUT2D eigenvalue weighted by molar-refractivity contribution is 9.10. The average molecular weight is 344 g/mol. The molecule has 0 spiro atoms. The van der Waals surface area contributed by atoms with Gasteiger partial charge in [0.2, 0.25) is 5.91 Å². The molecule has 1 fully saturated rings. The number of carbonyl (C=O) groups is 2. The molecular weight excluding hydrogens is 330 g/mol. The average Bonchev–Trinajstić information content (AvgIpc) is 2.42. The first kappa shape index (κ1) is 14.8. The van der Waals surface area contributed by atoms with E-state index in [1.807, 2.05) is 0 Å². The van der Waals surface area contributed by atoms with Crippen LogP contribution in [0.4, 0.5) is 0 Å². The van der Waals surface area contributed by atoms with Gasteiger partial charge in [-0.2, -0.15) is 0 Å². The van der Waals surface area contributed by atoms with Crippen LogP contribution < -0.4 is 4.74 Å². The highest BCUT2D eigenvalue weighted by Gasteiger charge is 2.41. The molecule has 0 aromatic heterocycles. The van der Waals surface area contributed by atoms with E-state index in [1.54, 1.807) is 25.2 Å². The molecule has 1 saturated heterocycles. The second kappa shape index (κ2) is 5.80. The Hall–Kier alpha value is -1.60. The Morgan fingerprint density at radius 2 is 2.25 bits per heavy atom. The number of carbonyl (C=O) groups excluding carboxylic acids is 1. The summed E-state index contributed by atoms with van der Waals surface area (Å²) in [6, 6.07) is 4.48. The number of hydrogen-bond acceptors (Lipinski definition) is 4. The Morgan fingerprint density at radius 1 is 1.55 bits per heavy atom. The molecule has 2 atom stereocenters. The molecule has 1 N–H and O–H groups in total. The maximum atomic E-state index is 11.8. The standard InChI is InChI=1S/C13H14BrNO5/c1-15-10(16)6-20-12(13(17)18)11(15)8-5-7(19-2)3-4-9(8)14/h3-5,11-12H,6H2,1-2H3,(H,17,18). The SMILES string of the molecule is COc1ccc(Br)c(C2C(C(=O)O)OCC(=O)N2C)c1. The number of benzene rings is 1. The maximum Gasteiger partial charge on any atom is 0.335 e. The van der Waals surface area contributed by atoms with E-state index in [-0.39, 0.29) is 12.5 Å². The maximum absolute atomic E-state index is 11.8. The molecular formula is C13H14BrNO5. The Balaban J connectivity index is 2.49. The normalized spacial score (nSPS) is 22.8. The van der Waals surface area contributed by atoms with Gasteiger partial charge in [-0.15, -0.1) is 0 Å². The van der Waals surface area contributed by atoms with Crippen molar-refractivity contribution in [3.05, 3.63) is 28.2 Å². The Morgan fingerprint density at radius 3 is 2.85 bits per heavy atom. The van der Waals surface area contributed by atoms with Gasteiger partial charge in [0.15, 0.2) is 6.10 Å². The first-order valence-corrected chi connectivity index (χ1v) is 6.68. The Kier molecular flexibility index (Phi) is 4.29. The lowest BCUT2D eigenvalue weighted by Crippen LogP contribution is -2.50. The molecule has 1 aliphatic heterocycles. The number of aliphatic carboxylic acids is 1. The molecule has 0 bridgehead atoms. The van der Waals surface area contributed by atoms with Crippen LogP contribution in [0, 0.1) is 0 Å². The van der Waals surface area contributed by atoms with Gasteiger partial charge >= 0.3 is 5.97 Å². The van der Waals surface area contributed by atoms with Gasteiger partial charge in [-0.3, -0.25) is 4.79 Å². The lowest BCUT2D eigenvalue weighted by atomic mass is 9.98. The van der Waals surface area contributed by atoms with E-state index < -0.39 is 18.1 Å². The summed E-state index contributed by atoms with van der Waals surface area (Å²) in [5.41, 5.74) is 0.632. The molecule has 1 aliphatic rings. The van der Waals surface area contributed by atoms with Crippen molar-refractivity contribution in [1.82, 2.24) is 4.90 Å². The monoisotopic (exact) mass is 343 g/mol. The first-order chi connectivity index (χ1) is 9.45. The number of nitrogens with zero attached hydrogens (tertiary/aromatic N) is 1. The number of rotatable bonds is 3. The summed E-state index contributed by atoms with van der Waals surface area (Å²) in [7, 11) is 3.09. The van der Waals surface area contributed by atoms with Gasteiger partial charge < -0.3 is 19.5 Å². The number of carboxylic acids is 1. The predicted octanol–water partition coefficient (Wildman–Crippen LogP) is 1.44. The van der Waals surface area contributed by atoms with Crippen molar-refractivity contribution in [2.45, 2.75) is 12.1 Å². The summed E-state index contributed by atoms with van der Waals surface area (Å²) in [6.07, 6.45) is -1.11. The van der Waals surface area contributed by atoms with Crippen LogP contribution in [0.1, 0.15) is 11.6 Å². The van der Waals surface area contributed by atoms with Crippen molar-refractivity contribution in [2.24, 2.45) is 0 Å². The van der Waals surface area contributed by atoms with Crippen molar-refractivity contribution in [3.63, 3.8) is 0 Å². The summed E-state index contributed by atoms with van der Waals surface area (Å²) >= 11 is 3.38. The van der Waals surface area contributed by atoms with E-state index in [0.29, 0.717) is 15.8 Å². The largest absolute Gasteiger partial charge is 0.497 e. The second-order valence-electron chi connectivity index (χ2n) is 4.41. The van der Waals surface area contributed by atoms with Gasteiger partial charge in [0.1, 0.15) is 12.4 Å². The van der Waals surface area contributed by atoms with Crippen molar-refractivity contribution in [3.8, 4) is 5.75 Å². The van der Waals surface area contributed by atoms with E-state index in [9.17, 15) is 14.7 Å². The van der Waals surface area contributed by atoms with Crippen LogP contribution in [0.2, 0.25) is 0 Å². The van der Waals surface area contributed by atoms with Gasteiger partial charge in [0.05, 0.1) is 13.2 Å². The lowest BCUT2D eigenvalue weighted by Gasteiger charge is -2.37. The molecule has 108 valence electrons. The topological polar surface area (TPSA) is 76.1 Å². The van der Waals surface area contributed by atoms with Gasteiger partial charge in [0, 0.05) is 11.5 Å². The quantitative estimate of drug-likeness (QED) is 0.898. The zero-order valence-corrected chi connectivity index (χ0v) is 12.6. The summed E-state index contributed by atoms with van der Waals surface area (Å²) in [4.78, 5) is 24.5. The number of carboxylic acid groups (broad SMARTS) is 1. The summed E-state index contributed by atoms with van der Waals surface area (Å²) < 4.78 is 11.0. The molecule has 1 amide bonds. The third-order valence-corrected chi connectivity index (χ3v) is 3.97. The molecule has 2 rings (SSSR count). The van der Waals surface area contributed by atoms with Crippen molar-refractivity contribution < 1.29 is 24.2 Å². The molecule has 1 aromatic rings. The van der Waals surface area contributed by atoms with Gasteiger partial charge in [-0.05, 0) is 23.8 Å². The second-order valence-corrected chi connectivity index (χ2v) is 5.26. The van der Waals surface area contributed by atoms with Gasteiger partial charge in [-0.1, -0.05) is 15.9 Å². The minimum atomic E-state index is -1.11. The van der Waals surface area contributed by atoms with E-state index >= 15 is 0 Å². The number of halogens is 1. The molecule has 0 saturated carbocycles. The van der Waals surface area contributed by atoms with Crippen LogP contribution in [-0.4, -0.2) is 48.8 Å². The molecule has 1 aromatic carbocycles. The van der Waals surface area contributed by atoms with E-state index in [0.717, 1.165) is 0 Å². The van der Waals surface area contributed by atoms with Crippen LogP contribution in [0.15, 0.2) is 22.7 Å². The fraction of sp³-hybridized carbons (Fsp3) is 0.385. The molecule has 20 heavy (non-hydrogen) atoms. The van der Waals surface area contributed by atoms with E-state index in [2.05, 4.69) is 15.9 Å². The zero-order chi connectivity index (χ0) is 14.9. The Bertz CT molecular complexity index is 548. The molecule has 0 radical (unpaired) electrons. The fourth-order valence-corrected chi connectivity index (χ4v) is 2.65. The molecule has 6 nitrogen and oxygen atoms in total. The van der Waals surface area contributed by atoms with E-state index in [1.165, 1.54) is 12.0 Å². The van der Waals surface area contributed by atoms with Crippen molar-refractivity contribution >= 4 is 27.8 Å². The van der Waals surface area contributed by atoms with Crippen LogP contribution in [0.3, 0.4) is 0 Å². The minimum absolute atomic E-state index is 0.231. The lowest BCUT2D eigenvalue weighted by molar-refractivity contribution is -0.171. The molecule has 2 unspecified atom stereocenters. The number of morpholine rings is 1. The van der Waals surface area contributed by atoms with Crippen LogP contribution >= 0.6 is 15.9 Å². The van der Waals surface area contributed by atoms with Crippen LogP contribution in [0.25, 0.3) is 0 Å². The number of methoxy groups -OCH3 is 1. The highest BCUT2D eigenvalue weighted by Crippen LogP contribution is 2.35. The summed E-state index contributed by atoms with van der Waals surface area (Å²) in [5.74, 6) is -0.787. The van der Waals surface area contributed by atoms with Crippen LogP contribution in [0.5, 0.6) is 5.75 Å². The molecule has 0 aliphatic carbocycles. The molecule has 1 heterocycles. The third kappa shape index (κ3) is 2.64. The number of likely N-dealkylation sites (N-methyl/N-ethyl adjacent to an activating group) is 1. The summed E-state index contributed by atoms with van der Waals surface area (Å²) in [6.45, 7) is -0.231. The number of amides is 1. The highest BCUT2D eigenvalue weighted by atomic mass is 79.9. The summed E-state index contributed by atoms with van der Waals surface area (Å²) in [5, 5.41) is 9.28. The van der Waals surface area contributed by atoms with Crippen LogP contribution in [-0.2, 0) is 14.3 Å². The number of ether oxygens (including phenoxy) is 2. The first-order valence-electron chi connectivity index (χ1n) is 5.89. The Labute approximate surface area is 124 Å². The van der Waals surface area contributed by atoms with Gasteiger partial charge in [0.25, 0.3) is 0 Å². The fourth-order valence-electron chi connectivity index (χ4n) is 2.17. The zero-order valence-electron chi connectivity index (χ0n) is 11.0. The smallest absolute Gasteiger partial charge is 0.335 e. The molecule has 7 heteroatoms.